The second kappa shape index (κ2) is 16.0. The molecule has 1 saturated carbocycles. The van der Waals surface area contributed by atoms with Crippen molar-refractivity contribution in [1.82, 2.24) is 0 Å². The van der Waals surface area contributed by atoms with Gasteiger partial charge in [0.25, 0.3) is 0 Å². The minimum atomic E-state index is -4.96. The lowest BCUT2D eigenvalue weighted by atomic mass is 9.90. The smallest absolute Gasteiger partial charge is 0.446 e. The van der Waals surface area contributed by atoms with E-state index in [1.165, 1.54) is 12.1 Å². The quantitative estimate of drug-likeness (QED) is 0.0808. The monoisotopic (exact) mass is 736 g/mol. The summed E-state index contributed by atoms with van der Waals surface area (Å²) < 4.78 is 79.3. The molecule has 0 aliphatic heterocycles. The Kier molecular flexibility index (Phi) is 11.2. The molecule has 1 aliphatic rings. The highest BCUT2D eigenvalue weighted by atomic mass is 32.3. The first-order valence-electron chi connectivity index (χ1n) is 17.1. The van der Waals surface area contributed by atoms with E-state index in [2.05, 4.69) is 0 Å². The third kappa shape index (κ3) is 8.45. The van der Waals surface area contributed by atoms with Gasteiger partial charge in [0.1, 0.15) is 41.3 Å². The van der Waals surface area contributed by atoms with Crippen LogP contribution in [0.4, 0.5) is 0 Å². The Labute approximate surface area is 300 Å². The SMILES string of the molecule is CCOC(=O)c1c(C)oc2cc(OCc3ccccc3)c(OCc3oc4cc(OCC5CCCCC5)c(OS(=O)(=O)O)cc4c3C(=O)OCC)cc12. The number of rotatable bonds is 15. The Morgan fingerprint density at radius 1 is 0.750 bits per heavy atom. The summed E-state index contributed by atoms with van der Waals surface area (Å²) in [6.07, 6.45) is 5.23. The van der Waals surface area contributed by atoms with Crippen molar-refractivity contribution in [3.8, 4) is 23.0 Å². The van der Waals surface area contributed by atoms with Gasteiger partial charge in [-0.15, -0.1) is 0 Å². The molecule has 0 bridgehead atoms. The fourth-order valence-electron chi connectivity index (χ4n) is 6.32. The Morgan fingerprint density at radius 2 is 1.33 bits per heavy atom. The van der Waals surface area contributed by atoms with Crippen LogP contribution in [-0.4, -0.2) is 44.7 Å². The van der Waals surface area contributed by atoms with Crippen molar-refractivity contribution in [3.63, 3.8) is 0 Å². The molecule has 3 aromatic carbocycles. The van der Waals surface area contributed by atoms with Gasteiger partial charge < -0.3 is 36.7 Å². The topological polar surface area (TPSA) is 170 Å². The van der Waals surface area contributed by atoms with Crippen molar-refractivity contribution < 1.29 is 59.3 Å². The fraction of sp³-hybridized carbons (Fsp3) is 0.368. The summed E-state index contributed by atoms with van der Waals surface area (Å²) in [6, 6.07) is 15.3. The summed E-state index contributed by atoms with van der Waals surface area (Å²) >= 11 is 0. The largest absolute Gasteiger partial charge is 0.489 e. The number of hydrogen-bond donors (Lipinski definition) is 1. The van der Waals surface area contributed by atoms with Gasteiger partial charge >= 0.3 is 22.3 Å². The highest BCUT2D eigenvalue weighted by Crippen LogP contribution is 2.41. The number of fused-ring (bicyclic) bond motifs is 2. The maximum Gasteiger partial charge on any atom is 0.446 e. The van der Waals surface area contributed by atoms with Gasteiger partial charge in [0, 0.05) is 22.9 Å². The third-order valence-electron chi connectivity index (χ3n) is 8.71. The Balaban J connectivity index is 1.39. The van der Waals surface area contributed by atoms with Crippen molar-refractivity contribution >= 4 is 44.3 Å². The van der Waals surface area contributed by atoms with Crippen molar-refractivity contribution in [2.45, 2.75) is 66.1 Å². The Hall–Kier alpha value is -5.21. The molecule has 5 aromatic rings. The summed E-state index contributed by atoms with van der Waals surface area (Å²) in [5.74, 6) is -0.492. The van der Waals surface area contributed by atoms with Crippen molar-refractivity contribution in [2.75, 3.05) is 19.8 Å². The highest BCUT2D eigenvalue weighted by Gasteiger charge is 2.28. The minimum Gasteiger partial charge on any atom is -0.489 e. The zero-order valence-electron chi connectivity index (χ0n) is 29.1. The van der Waals surface area contributed by atoms with E-state index < -0.39 is 22.3 Å². The lowest BCUT2D eigenvalue weighted by Gasteiger charge is -2.22. The summed E-state index contributed by atoms with van der Waals surface area (Å²) in [7, 11) is -4.96. The number of ether oxygens (including phenoxy) is 5. The van der Waals surface area contributed by atoms with Crippen LogP contribution in [0.15, 0.2) is 63.4 Å². The standard InChI is InChI=1S/C38H40O13S/c1-4-44-37(39)35-23(3)49-28-18-31(46-20-24-12-8-6-9-13-24)30(16-26(28)35)48-22-34-36(38(40)45-5-2)27-17-33(51-52(41,42)43)32(19-29(27)50-34)47-21-25-14-10-7-11-15-25/h6,8-9,12-13,16-19,25H,4-5,7,10-11,14-15,20-22H2,1-3H3,(H,41,42,43). The van der Waals surface area contributed by atoms with E-state index in [4.69, 9.17) is 36.7 Å². The Bertz CT molecular complexity index is 2160. The first kappa shape index (κ1) is 36.6. The molecule has 2 heterocycles. The molecule has 1 fully saturated rings. The molecular formula is C38H40O13S. The first-order chi connectivity index (χ1) is 25.0. The van der Waals surface area contributed by atoms with Crippen LogP contribution < -0.4 is 18.4 Å². The van der Waals surface area contributed by atoms with Crippen LogP contribution in [0, 0.1) is 12.8 Å². The normalized spacial score (nSPS) is 13.6. The molecule has 52 heavy (non-hydrogen) atoms. The van der Waals surface area contributed by atoms with Crippen LogP contribution in [-0.2, 0) is 33.1 Å². The molecule has 0 amide bonds. The first-order valence-corrected chi connectivity index (χ1v) is 18.5. The van der Waals surface area contributed by atoms with Crippen LogP contribution in [0.5, 0.6) is 23.0 Å². The molecular weight excluding hydrogens is 696 g/mol. The summed E-state index contributed by atoms with van der Waals surface area (Å²) in [6.45, 7) is 5.36. The summed E-state index contributed by atoms with van der Waals surface area (Å²) in [5, 5.41) is 0.576. The Morgan fingerprint density at radius 3 is 2.00 bits per heavy atom. The van der Waals surface area contributed by atoms with Crippen LogP contribution in [0.2, 0.25) is 0 Å². The van der Waals surface area contributed by atoms with Gasteiger partial charge in [-0.3, -0.25) is 4.55 Å². The molecule has 14 heteroatoms. The van der Waals surface area contributed by atoms with Crippen LogP contribution in [0.1, 0.15) is 83.8 Å². The lowest BCUT2D eigenvalue weighted by molar-refractivity contribution is 0.0514. The maximum atomic E-state index is 13.4. The minimum absolute atomic E-state index is 0.0104. The molecule has 0 saturated heterocycles. The summed E-state index contributed by atoms with van der Waals surface area (Å²) in [5.41, 5.74) is 1.62. The van der Waals surface area contributed by atoms with E-state index in [1.807, 2.05) is 30.3 Å². The number of furan rings is 2. The summed E-state index contributed by atoms with van der Waals surface area (Å²) in [4.78, 5) is 26.3. The molecule has 276 valence electrons. The molecule has 0 radical (unpaired) electrons. The van der Waals surface area contributed by atoms with E-state index >= 15 is 0 Å². The number of hydrogen-bond acceptors (Lipinski definition) is 12. The molecule has 0 unspecified atom stereocenters. The van der Waals surface area contributed by atoms with Gasteiger partial charge in [-0.1, -0.05) is 49.6 Å². The predicted octanol–water partition coefficient (Wildman–Crippen LogP) is 8.14. The fourth-order valence-corrected chi connectivity index (χ4v) is 6.68. The molecule has 1 N–H and O–H groups in total. The number of carbonyl (C=O) groups excluding carboxylic acids is 2. The molecule has 6 rings (SSSR count). The molecule has 2 aromatic heterocycles. The predicted molar refractivity (Wildman–Crippen MR) is 188 cm³/mol. The third-order valence-corrected chi connectivity index (χ3v) is 9.10. The van der Waals surface area contributed by atoms with Crippen LogP contribution in [0.25, 0.3) is 21.9 Å². The second-order valence-electron chi connectivity index (χ2n) is 12.4. The number of carbonyl (C=O) groups is 2. The molecule has 0 spiro atoms. The second-order valence-corrected chi connectivity index (χ2v) is 13.4. The number of aryl methyl sites for hydroxylation is 1. The maximum absolute atomic E-state index is 13.4. The van der Waals surface area contributed by atoms with Crippen molar-refractivity contribution in [2.24, 2.45) is 5.92 Å². The van der Waals surface area contributed by atoms with Crippen LogP contribution in [0.3, 0.4) is 0 Å². The van der Waals surface area contributed by atoms with E-state index in [9.17, 15) is 22.6 Å². The zero-order valence-corrected chi connectivity index (χ0v) is 29.9. The van der Waals surface area contributed by atoms with E-state index in [-0.39, 0.29) is 83.2 Å². The van der Waals surface area contributed by atoms with Crippen molar-refractivity contribution in [1.29, 1.82) is 0 Å². The van der Waals surface area contributed by atoms with Gasteiger partial charge in [-0.05, 0) is 57.2 Å². The van der Waals surface area contributed by atoms with Crippen molar-refractivity contribution in [3.05, 3.63) is 82.8 Å². The van der Waals surface area contributed by atoms with E-state index in [0.717, 1.165) is 37.7 Å². The zero-order chi connectivity index (χ0) is 36.8. The van der Waals surface area contributed by atoms with E-state index in [1.54, 1.807) is 32.9 Å². The average molecular weight is 737 g/mol. The van der Waals surface area contributed by atoms with Gasteiger partial charge in [0.2, 0.25) is 0 Å². The van der Waals surface area contributed by atoms with Gasteiger partial charge in [0.05, 0.1) is 19.8 Å². The molecule has 13 nitrogen and oxygen atoms in total. The van der Waals surface area contributed by atoms with Gasteiger partial charge in [-0.25, -0.2) is 9.59 Å². The lowest BCUT2D eigenvalue weighted by Crippen LogP contribution is -2.16. The highest BCUT2D eigenvalue weighted by molar-refractivity contribution is 7.81. The average Bonchev–Trinajstić information content (AvgIpc) is 3.64. The number of benzene rings is 3. The van der Waals surface area contributed by atoms with Crippen LogP contribution >= 0.6 is 0 Å². The van der Waals surface area contributed by atoms with E-state index in [0.29, 0.717) is 23.3 Å². The van der Waals surface area contributed by atoms with Gasteiger partial charge in [-0.2, -0.15) is 8.42 Å². The number of esters is 2. The molecule has 0 atom stereocenters. The van der Waals surface area contributed by atoms with Gasteiger partial charge in [0.15, 0.2) is 28.8 Å². The molecule has 1 aliphatic carbocycles.